The van der Waals surface area contributed by atoms with E-state index in [1.54, 1.807) is 0 Å². The molecule has 1 saturated carbocycles. The number of aliphatic hydroxyl groups is 1. The molecule has 1 N–H and O–H groups in total. The zero-order valence-corrected chi connectivity index (χ0v) is 9.41. The summed E-state index contributed by atoms with van der Waals surface area (Å²) in [5.41, 5.74) is -0.835. The SMILES string of the molecule is C#CCN(CC#C)C(=O)CC1(O)CCCC1. The molecule has 1 rings (SSSR count). The van der Waals surface area contributed by atoms with Crippen LogP contribution in [-0.4, -0.2) is 34.6 Å². The van der Waals surface area contributed by atoms with E-state index in [0.717, 1.165) is 12.8 Å². The molecule has 0 aliphatic heterocycles. The first-order valence-electron chi connectivity index (χ1n) is 5.48. The molecule has 0 aromatic heterocycles. The van der Waals surface area contributed by atoms with Gasteiger partial charge in [0.25, 0.3) is 0 Å². The number of hydrogen-bond donors (Lipinski definition) is 1. The van der Waals surface area contributed by atoms with Crippen molar-refractivity contribution < 1.29 is 9.90 Å². The molecule has 0 saturated heterocycles. The van der Waals surface area contributed by atoms with Crippen LogP contribution in [0.2, 0.25) is 0 Å². The number of rotatable bonds is 4. The first-order chi connectivity index (χ1) is 7.61. The van der Waals surface area contributed by atoms with Crippen molar-refractivity contribution in [1.29, 1.82) is 0 Å². The Bertz CT molecular complexity index is 313. The molecule has 16 heavy (non-hydrogen) atoms. The van der Waals surface area contributed by atoms with Crippen LogP contribution in [0.5, 0.6) is 0 Å². The van der Waals surface area contributed by atoms with Crippen molar-refractivity contribution in [3.8, 4) is 24.7 Å². The number of nitrogens with zero attached hydrogens (tertiary/aromatic N) is 1. The lowest BCUT2D eigenvalue weighted by Gasteiger charge is -2.25. The summed E-state index contributed by atoms with van der Waals surface area (Å²) >= 11 is 0. The zero-order chi connectivity index (χ0) is 12.0. The lowest BCUT2D eigenvalue weighted by molar-refractivity contribution is -0.135. The highest BCUT2D eigenvalue weighted by Gasteiger charge is 2.34. The summed E-state index contributed by atoms with van der Waals surface area (Å²) in [5, 5.41) is 10.1. The van der Waals surface area contributed by atoms with Gasteiger partial charge in [-0.2, -0.15) is 0 Å². The Morgan fingerprint density at radius 1 is 1.25 bits per heavy atom. The molecule has 3 heteroatoms. The molecule has 0 unspecified atom stereocenters. The second-order valence-corrected chi connectivity index (χ2v) is 4.27. The average Bonchev–Trinajstić information content (AvgIpc) is 2.64. The minimum atomic E-state index is -0.835. The second kappa shape index (κ2) is 5.58. The largest absolute Gasteiger partial charge is 0.389 e. The summed E-state index contributed by atoms with van der Waals surface area (Å²) < 4.78 is 0. The molecule has 0 radical (unpaired) electrons. The molecule has 0 heterocycles. The van der Waals surface area contributed by atoms with Crippen molar-refractivity contribution >= 4 is 5.91 Å². The Labute approximate surface area is 96.8 Å². The number of carbonyl (C=O) groups is 1. The molecular formula is C13H17NO2. The fourth-order valence-electron chi connectivity index (χ4n) is 2.06. The van der Waals surface area contributed by atoms with E-state index in [4.69, 9.17) is 12.8 Å². The van der Waals surface area contributed by atoms with E-state index in [2.05, 4.69) is 11.8 Å². The van der Waals surface area contributed by atoms with Gasteiger partial charge in [-0.25, -0.2) is 0 Å². The van der Waals surface area contributed by atoms with Gasteiger partial charge in [-0.3, -0.25) is 4.79 Å². The van der Waals surface area contributed by atoms with Gasteiger partial charge in [0.1, 0.15) is 0 Å². The van der Waals surface area contributed by atoms with Gasteiger partial charge in [0.15, 0.2) is 0 Å². The Balaban J connectivity index is 2.55. The van der Waals surface area contributed by atoms with Crippen molar-refractivity contribution in [2.45, 2.75) is 37.7 Å². The van der Waals surface area contributed by atoms with Crippen LogP contribution in [0.25, 0.3) is 0 Å². The molecule has 0 aromatic rings. The number of amides is 1. The topological polar surface area (TPSA) is 40.5 Å². The quantitative estimate of drug-likeness (QED) is 0.710. The molecule has 86 valence electrons. The Morgan fingerprint density at radius 3 is 2.19 bits per heavy atom. The van der Waals surface area contributed by atoms with Crippen molar-refractivity contribution in [3.63, 3.8) is 0 Å². The zero-order valence-electron chi connectivity index (χ0n) is 9.41. The van der Waals surface area contributed by atoms with E-state index >= 15 is 0 Å². The monoisotopic (exact) mass is 219 g/mol. The van der Waals surface area contributed by atoms with Crippen molar-refractivity contribution in [2.24, 2.45) is 0 Å². The Kier molecular flexibility index (Phi) is 4.40. The highest BCUT2D eigenvalue weighted by Crippen LogP contribution is 2.32. The predicted molar refractivity (Wildman–Crippen MR) is 62.3 cm³/mol. The van der Waals surface area contributed by atoms with E-state index < -0.39 is 5.60 Å². The van der Waals surface area contributed by atoms with Gasteiger partial charge >= 0.3 is 0 Å². The van der Waals surface area contributed by atoms with Crippen LogP contribution in [0.15, 0.2) is 0 Å². The number of hydrogen-bond acceptors (Lipinski definition) is 2. The van der Waals surface area contributed by atoms with E-state index in [1.807, 2.05) is 0 Å². The molecule has 0 atom stereocenters. The standard InChI is InChI=1S/C13H17NO2/c1-3-9-14(10-4-2)12(15)11-13(16)7-5-6-8-13/h1-2,16H,5-11H2. The average molecular weight is 219 g/mol. The van der Waals surface area contributed by atoms with Crippen molar-refractivity contribution in [2.75, 3.05) is 13.1 Å². The van der Waals surface area contributed by atoms with E-state index in [1.165, 1.54) is 4.90 Å². The van der Waals surface area contributed by atoms with Crippen LogP contribution in [0, 0.1) is 24.7 Å². The van der Waals surface area contributed by atoms with E-state index in [9.17, 15) is 9.90 Å². The van der Waals surface area contributed by atoms with Gasteiger partial charge in [0, 0.05) is 0 Å². The van der Waals surface area contributed by atoms with Gasteiger partial charge < -0.3 is 10.0 Å². The molecule has 0 spiro atoms. The third kappa shape index (κ3) is 3.29. The summed E-state index contributed by atoms with van der Waals surface area (Å²) in [4.78, 5) is 13.3. The highest BCUT2D eigenvalue weighted by atomic mass is 16.3. The van der Waals surface area contributed by atoms with Crippen LogP contribution in [0.3, 0.4) is 0 Å². The minimum Gasteiger partial charge on any atom is -0.389 e. The van der Waals surface area contributed by atoms with Gasteiger partial charge in [0.2, 0.25) is 5.91 Å². The molecule has 1 aliphatic rings. The minimum absolute atomic E-state index is 0.135. The van der Waals surface area contributed by atoms with E-state index in [0.29, 0.717) is 12.8 Å². The van der Waals surface area contributed by atoms with Crippen LogP contribution in [-0.2, 0) is 4.79 Å². The van der Waals surface area contributed by atoms with Gasteiger partial charge in [-0.05, 0) is 12.8 Å². The maximum absolute atomic E-state index is 11.9. The number of carbonyl (C=O) groups excluding carboxylic acids is 1. The van der Waals surface area contributed by atoms with Crippen LogP contribution in [0.1, 0.15) is 32.1 Å². The van der Waals surface area contributed by atoms with Crippen LogP contribution >= 0.6 is 0 Å². The maximum Gasteiger partial charge on any atom is 0.227 e. The number of terminal acetylenes is 2. The summed E-state index contributed by atoms with van der Waals surface area (Å²) in [7, 11) is 0. The Hall–Kier alpha value is -1.45. The van der Waals surface area contributed by atoms with E-state index in [-0.39, 0.29) is 25.4 Å². The molecule has 0 aromatic carbocycles. The third-order valence-electron chi connectivity index (χ3n) is 2.93. The van der Waals surface area contributed by atoms with Crippen LogP contribution < -0.4 is 0 Å². The van der Waals surface area contributed by atoms with Crippen molar-refractivity contribution in [3.05, 3.63) is 0 Å². The Morgan fingerprint density at radius 2 is 1.75 bits per heavy atom. The molecule has 1 amide bonds. The third-order valence-corrected chi connectivity index (χ3v) is 2.93. The fraction of sp³-hybridized carbons (Fsp3) is 0.615. The highest BCUT2D eigenvalue weighted by molar-refractivity contribution is 5.77. The summed E-state index contributed by atoms with van der Waals surface area (Å²) in [5.74, 6) is 4.65. The summed E-state index contributed by atoms with van der Waals surface area (Å²) in [6, 6.07) is 0. The lowest BCUT2D eigenvalue weighted by atomic mass is 9.97. The van der Waals surface area contributed by atoms with Gasteiger partial charge in [-0.15, -0.1) is 12.8 Å². The molecular weight excluding hydrogens is 202 g/mol. The fourth-order valence-corrected chi connectivity index (χ4v) is 2.06. The first-order valence-corrected chi connectivity index (χ1v) is 5.48. The summed E-state index contributed by atoms with van der Waals surface area (Å²) in [6.07, 6.45) is 13.8. The van der Waals surface area contributed by atoms with Gasteiger partial charge in [0.05, 0.1) is 25.1 Å². The molecule has 3 nitrogen and oxygen atoms in total. The smallest absolute Gasteiger partial charge is 0.227 e. The normalized spacial score (nSPS) is 17.4. The predicted octanol–water partition coefficient (Wildman–Crippen LogP) is 0.777. The van der Waals surface area contributed by atoms with Gasteiger partial charge in [-0.1, -0.05) is 24.7 Å². The first kappa shape index (κ1) is 12.6. The summed E-state index contributed by atoms with van der Waals surface area (Å²) in [6.45, 7) is 0.415. The lowest BCUT2D eigenvalue weighted by Crippen LogP contribution is -2.38. The molecule has 1 fully saturated rings. The molecule has 0 bridgehead atoms. The second-order valence-electron chi connectivity index (χ2n) is 4.27. The maximum atomic E-state index is 11.9. The van der Waals surface area contributed by atoms with Crippen molar-refractivity contribution in [1.82, 2.24) is 4.90 Å². The molecule has 1 aliphatic carbocycles. The van der Waals surface area contributed by atoms with Crippen LogP contribution in [0.4, 0.5) is 0 Å².